The van der Waals surface area contributed by atoms with Gasteiger partial charge in [0.05, 0.1) is 18.0 Å². The van der Waals surface area contributed by atoms with Gasteiger partial charge in [0, 0.05) is 11.8 Å². The largest absolute Gasteiger partial charge is 0.491 e. The fourth-order valence-corrected chi connectivity index (χ4v) is 1.61. The molecule has 0 saturated heterocycles. The van der Waals surface area contributed by atoms with Crippen LogP contribution in [0, 0.1) is 6.92 Å². The van der Waals surface area contributed by atoms with Crippen LogP contribution in [0.2, 0.25) is 0 Å². The van der Waals surface area contributed by atoms with Crippen molar-refractivity contribution in [1.82, 2.24) is 9.97 Å². The van der Waals surface area contributed by atoms with Crippen LogP contribution in [-0.4, -0.2) is 21.9 Å². The van der Waals surface area contributed by atoms with E-state index in [-0.39, 0.29) is 11.9 Å². The first-order valence-corrected chi connectivity index (χ1v) is 6.16. The SMILES string of the molecule is Cc1cnc(C(=O)c2ccc(OC(C)C)cc2)cn1. The molecule has 0 aliphatic carbocycles. The smallest absolute Gasteiger partial charge is 0.212 e. The van der Waals surface area contributed by atoms with E-state index in [4.69, 9.17) is 4.74 Å². The van der Waals surface area contributed by atoms with Crippen molar-refractivity contribution in [3.8, 4) is 5.75 Å². The zero-order valence-electron chi connectivity index (χ0n) is 11.3. The Morgan fingerprint density at radius 1 is 1.11 bits per heavy atom. The second-order valence-electron chi connectivity index (χ2n) is 4.56. The Bertz CT molecular complexity index is 560. The molecule has 0 spiro atoms. The molecule has 0 bridgehead atoms. The quantitative estimate of drug-likeness (QED) is 0.789. The molecule has 19 heavy (non-hydrogen) atoms. The van der Waals surface area contributed by atoms with Gasteiger partial charge in [0.2, 0.25) is 5.78 Å². The number of benzene rings is 1. The number of hydrogen-bond acceptors (Lipinski definition) is 4. The summed E-state index contributed by atoms with van der Waals surface area (Å²) in [7, 11) is 0. The number of carbonyl (C=O) groups excluding carboxylic acids is 1. The van der Waals surface area contributed by atoms with Gasteiger partial charge in [-0.15, -0.1) is 0 Å². The number of carbonyl (C=O) groups is 1. The monoisotopic (exact) mass is 256 g/mol. The molecule has 0 saturated carbocycles. The predicted molar refractivity (Wildman–Crippen MR) is 72.4 cm³/mol. The Morgan fingerprint density at radius 3 is 2.32 bits per heavy atom. The van der Waals surface area contributed by atoms with Crippen molar-refractivity contribution in [3.63, 3.8) is 0 Å². The van der Waals surface area contributed by atoms with Crippen molar-refractivity contribution in [2.24, 2.45) is 0 Å². The summed E-state index contributed by atoms with van der Waals surface area (Å²) in [6.45, 7) is 5.75. The number of ketones is 1. The number of aryl methyl sites for hydroxylation is 1. The van der Waals surface area contributed by atoms with Crippen LogP contribution in [0.4, 0.5) is 0 Å². The molecule has 1 aromatic heterocycles. The number of ether oxygens (including phenoxy) is 1. The van der Waals surface area contributed by atoms with Gasteiger partial charge in [-0.1, -0.05) is 0 Å². The lowest BCUT2D eigenvalue weighted by Gasteiger charge is -2.09. The minimum atomic E-state index is -0.136. The first-order valence-electron chi connectivity index (χ1n) is 6.16. The molecule has 1 aromatic carbocycles. The summed E-state index contributed by atoms with van der Waals surface area (Å²) in [6, 6.07) is 7.05. The number of hydrogen-bond donors (Lipinski definition) is 0. The Kier molecular flexibility index (Phi) is 3.90. The van der Waals surface area contributed by atoms with Crippen molar-refractivity contribution in [1.29, 1.82) is 0 Å². The highest BCUT2D eigenvalue weighted by Gasteiger charge is 2.11. The van der Waals surface area contributed by atoms with Gasteiger partial charge in [0.15, 0.2) is 0 Å². The Hall–Kier alpha value is -2.23. The highest BCUT2D eigenvalue weighted by molar-refractivity contribution is 6.07. The van der Waals surface area contributed by atoms with Gasteiger partial charge in [0.1, 0.15) is 11.4 Å². The molecule has 98 valence electrons. The average molecular weight is 256 g/mol. The second-order valence-corrected chi connectivity index (χ2v) is 4.56. The summed E-state index contributed by atoms with van der Waals surface area (Å²) in [5, 5.41) is 0. The van der Waals surface area contributed by atoms with Crippen molar-refractivity contribution >= 4 is 5.78 Å². The highest BCUT2D eigenvalue weighted by Crippen LogP contribution is 2.15. The minimum absolute atomic E-state index is 0.115. The highest BCUT2D eigenvalue weighted by atomic mass is 16.5. The van der Waals surface area contributed by atoms with Crippen LogP contribution >= 0.6 is 0 Å². The molecule has 0 amide bonds. The number of nitrogens with zero attached hydrogens (tertiary/aromatic N) is 2. The van der Waals surface area contributed by atoms with Crippen molar-refractivity contribution in [2.45, 2.75) is 26.9 Å². The molecular weight excluding hydrogens is 240 g/mol. The summed E-state index contributed by atoms with van der Waals surface area (Å²) >= 11 is 0. The van der Waals surface area contributed by atoms with Gasteiger partial charge in [-0.05, 0) is 45.0 Å². The fraction of sp³-hybridized carbons (Fsp3) is 0.267. The van der Waals surface area contributed by atoms with Crippen LogP contribution in [0.15, 0.2) is 36.7 Å². The summed E-state index contributed by atoms with van der Waals surface area (Å²) in [4.78, 5) is 20.3. The minimum Gasteiger partial charge on any atom is -0.491 e. The molecule has 4 heteroatoms. The molecule has 2 rings (SSSR count). The van der Waals surface area contributed by atoms with Crippen molar-refractivity contribution < 1.29 is 9.53 Å². The van der Waals surface area contributed by atoms with E-state index in [1.807, 2.05) is 20.8 Å². The standard InChI is InChI=1S/C15H16N2O2/c1-10(2)19-13-6-4-12(5-7-13)15(18)14-9-16-11(3)8-17-14/h4-10H,1-3H3. The van der Waals surface area contributed by atoms with Crippen LogP contribution in [-0.2, 0) is 0 Å². The molecular formula is C15H16N2O2. The normalized spacial score (nSPS) is 10.5. The lowest BCUT2D eigenvalue weighted by atomic mass is 10.1. The predicted octanol–water partition coefficient (Wildman–Crippen LogP) is 2.80. The summed E-state index contributed by atoms with van der Waals surface area (Å²) in [5.74, 6) is 0.616. The number of rotatable bonds is 4. The summed E-state index contributed by atoms with van der Waals surface area (Å²) in [5.41, 5.74) is 1.72. The third-order valence-electron chi connectivity index (χ3n) is 2.50. The van der Waals surface area contributed by atoms with Crippen LogP contribution < -0.4 is 4.74 Å². The van der Waals surface area contributed by atoms with E-state index >= 15 is 0 Å². The maximum Gasteiger partial charge on any atom is 0.212 e. The second kappa shape index (κ2) is 5.61. The zero-order valence-corrected chi connectivity index (χ0v) is 11.3. The maximum absolute atomic E-state index is 12.1. The molecule has 4 nitrogen and oxygen atoms in total. The van der Waals surface area contributed by atoms with Crippen molar-refractivity contribution in [3.05, 3.63) is 53.6 Å². The third kappa shape index (κ3) is 3.37. The van der Waals surface area contributed by atoms with Gasteiger partial charge in [0.25, 0.3) is 0 Å². The molecule has 0 unspecified atom stereocenters. The zero-order chi connectivity index (χ0) is 13.8. The molecule has 2 aromatic rings. The van der Waals surface area contributed by atoms with E-state index in [0.29, 0.717) is 11.3 Å². The van der Waals surface area contributed by atoms with Crippen molar-refractivity contribution in [2.75, 3.05) is 0 Å². The molecule has 0 atom stereocenters. The van der Waals surface area contributed by atoms with Gasteiger partial charge in [-0.3, -0.25) is 9.78 Å². The van der Waals surface area contributed by atoms with Crippen LogP contribution in [0.5, 0.6) is 5.75 Å². The molecule has 0 aliphatic rings. The molecule has 0 N–H and O–H groups in total. The Balaban J connectivity index is 2.17. The topological polar surface area (TPSA) is 52.1 Å². The van der Waals surface area contributed by atoms with Gasteiger partial charge < -0.3 is 4.74 Å². The van der Waals surface area contributed by atoms with Gasteiger partial charge in [-0.25, -0.2) is 4.98 Å². The van der Waals surface area contributed by atoms with E-state index < -0.39 is 0 Å². The van der Waals surface area contributed by atoms with E-state index in [1.165, 1.54) is 6.20 Å². The Morgan fingerprint density at radius 2 is 1.79 bits per heavy atom. The van der Waals surface area contributed by atoms with E-state index in [1.54, 1.807) is 30.5 Å². The van der Waals surface area contributed by atoms with Gasteiger partial charge >= 0.3 is 0 Å². The maximum atomic E-state index is 12.1. The van der Waals surface area contributed by atoms with Crippen LogP contribution in [0.25, 0.3) is 0 Å². The van der Waals surface area contributed by atoms with E-state index in [9.17, 15) is 4.79 Å². The molecule has 0 fully saturated rings. The fourth-order valence-electron chi connectivity index (χ4n) is 1.61. The Labute approximate surface area is 112 Å². The van der Waals surface area contributed by atoms with E-state index in [0.717, 1.165) is 11.4 Å². The summed E-state index contributed by atoms with van der Waals surface area (Å²) in [6.07, 6.45) is 3.20. The molecule has 0 radical (unpaired) electrons. The number of aromatic nitrogens is 2. The molecule has 1 heterocycles. The average Bonchev–Trinajstić information content (AvgIpc) is 2.39. The van der Waals surface area contributed by atoms with Gasteiger partial charge in [-0.2, -0.15) is 0 Å². The first-order chi connectivity index (χ1) is 9.06. The van der Waals surface area contributed by atoms with Crippen LogP contribution in [0.1, 0.15) is 35.6 Å². The third-order valence-corrected chi connectivity index (χ3v) is 2.50. The molecule has 0 aliphatic heterocycles. The van der Waals surface area contributed by atoms with E-state index in [2.05, 4.69) is 9.97 Å². The first kappa shape index (κ1) is 13.2. The lowest BCUT2D eigenvalue weighted by Crippen LogP contribution is -2.07. The van der Waals surface area contributed by atoms with Crippen LogP contribution in [0.3, 0.4) is 0 Å². The lowest BCUT2D eigenvalue weighted by molar-refractivity contribution is 0.103. The summed E-state index contributed by atoms with van der Waals surface area (Å²) < 4.78 is 5.53.